The molecule has 15 heavy (non-hydrogen) atoms. The first-order valence-corrected chi connectivity index (χ1v) is 6.83. The quantitative estimate of drug-likeness (QED) is 0.903. The van der Waals surface area contributed by atoms with Gasteiger partial charge in [-0.05, 0) is 42.4 Å². The second-order valence-corrected chi connectivity index (χ2v) is 6.05. The van der Waals surface area contributed by atoms with E-state index in [4.69, 9.17) is 5.73 Å². The van der Waals surface area contributed by atoms with Crippen LogP contribution >= 0.6 is 27.3 Å². The zero-order chi connectivity index (χ0) is 11.5. The molecule has 2 N–H and O–H groups in total. The van der Waals surface area contributed by atoms with Gasteiger partial charge in [-0.2, -0.15) is 0 Å². The van der Waals surface area contributed by atoms with Crippen LogP contribution in [0.2, 0.25) is 0 Å². The van der Waals surface area contributed by atoms with Crippen LogP contribution in [0.4, 0.5) is 0 Å². The maximum atomic E-state index is 5.83. The van der Waals surface area contributed by atoms with Crippen LogP contribution in [-0.2, 0) is 6.54 Å². The van der Waals surface area contributed by atoms with Crippen LogP contribution in [0.5, 0.6) is 0 Å². The maximum Gasteiger partial charge on any atom is 0.0331 e. The summed E-state index contributed by atoms with van der Waals surface area (Å²) in [5, 5.41) is 2.12. The van der Waals surface area contributed by atoms with Gasteiger partial charge in [0.2, 0.25) is 0 Å². The third-order valence-electron chi connectivity index (χ3n) is 3.14. The highest BCUT2D eigenvalue weighted by molar-refractivity contribution is 9.10. The Balaban J connectivity index is 2.65. The molecule has 0 aromatic carbocycles. The summed E-state index contributed by atoms with van der Waals surface area (Å²) in [6, 6.07) is 2.17. The van der Waals surface area contributed by atoms with Crippen molar-refractivity contribution in [2.75, 3.05) is 13.6 Å². The molecule has 0 bridgehead atoms. The first kappa shape index (κ1) is 13.2. The summed E-state index contributed by atoms with van der Waals surface area (Å²) >= 11 is 5.26. The second-order valence-electron chi connectivity index (χ2n) is 4.14. The Morgan fingerprint density at radius 1 is 1.60 bits per heavy atom. The lowest BCUT2D eigenvalue weighted by molar-refractivity contribution is 0.133. The molecule has 1 heterocycles. The standard InChI is InChI=1S/C11H19BrN2S/c1-4-11(2,8-13)14(3)6-10-5-9(12)7-15-10/h5,7H,4,6,8,13H2,1-3H3. The van der Waals surface area contributed by atoms with Crippen molar-refractivity contribution in [3.8, 4) is 0 Å². The Hall–Kier alpha value is 0.1000. The van der Waals surface area contributed by atoms with Crippen molar-refractivity contribution in [2.24, 2.45) is 5.73 Å². The molecule has 4 heteroatoms. The van der Waals surface area contributed by atoms with Gasteiger partial charge >= 0.3 is 0 Å². The average molecular weight is 291 g/mol. The molecule has 1 unspecified atom stereocenters. The number of hydrogen-bond donors (Lipinski definition) is 1. The lowest BCUT2D eigenvalue weighted by atomic mass is 9.97. The fourth-order valence-electron chi connectivity index (χ4n) is 1.43. The number of thiophene rings is 1. The van der Waals surface area contributed by atoms with Crippen molar-refractivity contribution in [1.29, 1.82) is 0 Å². The summed E-state index contributed by atoms with van der Waals surface area (Å²) in [4.78, 5) is 3.71. The number of nitrogens with zero attached hydrogens (tertiary/aromatic N) is 1. The van der Waals surface area contributed by atoms with E-state index in [0.29, 0.717) is 6.54 Å². The van der Waals surface area contributed by atoms with Gasteiger partial charge in [-0.25, -0.2) is 0 Å². The van der Waals surface area contributed by atoms with Gasteiger partial charge in [0.1, 0.15) is 0 Å². The molecule has 0 radical (unpaired) electrons. The summed E-state index contributed by atoms with van der Waals surface area (Å²) in [5.74, 6) is 0. The van der Waals surface area contributed by atoms with Crippen LogP contribution in [0, 0.1) is 0 Å². The van der Waals surface area contributed by atoms with Crippen molar-refractivity contribution < 1.29 is 0 Å². The van der Waals surface area contributed by atoms with Crippen LogP contribution in [0.25, 0.3) is 0 Å². The number of hydrogen-bond acceptors (Lipinski definition) is 3. The van der Waals surface area contributed by atoms with E-state index in [0.717, 1.165) is 13.0 Å². The lowest BCUT2D eigenvalue weighted by Crippen LogP contribution is -2.48. The van der Waals surface area contributed by atoms with E-state index >= 15 is 0 Å². The molecule has 0 aliphatic carbocycles. The highest BCUT2D eigenvalue weighted by atomic mass is 79.9. The molecule has 0 aliphatic heterocycles. The molecular weight excluding hydrogens is 272 g/mol. The highest BCUT2D eigenvalue weighted by Crippen LogP contribution is 2.24. The van der Waals surface area contributed by atoms with E-state index in [1.807, 2.05) is 0 Å². The van der Waals surface area contributed by atoms with E-state index in [2.05, 4.69) is 53.2 Å². The summed E-state index contributed by atoms with van der Waals surface area (Å²) < 4.78 is 1.17. The molecule has 0 saturated heterocycles. The topological polar surface area (TPSA) is 29.3 Å². The number of rotatable bonds is 5. The summed E-state index contributed by atoms with van der Waals surface area (Å²) in [6.45, 7) is 6.08. The molecule has 0 aliphatic rings. The Morgan fingerprint density at radius 3 is 2.67 bits per heavy atom. The van der Waals surface area contributed by atoms with Crippen molar-refractivity contribution >= 4 is 27.3 Å². The van der Waals surface area contributed by atoms with Gasteiger partial charge in [-0.15, -0.1) is 11.3 Å². The van der Waals surface area contributed by atoms with Crippen molar-refractivity contribution in [2.45, 2.75) is 32.4 Å². The van der Waals surface area contributed by atoms with Gasteiger partial charge < -0.3 is 5.73 Å². The van der Waals surface area contributed by atoms with E-state index in [1.54, 1.807) is 11.3 Å². The Kier molecular flexibility index (Phi) is 4.77. The number of nitrogens with two attached hydrogens (primary N) is 1. The summed E-state index contributed by atoms with van der Waals surface area (Å²) in [6.07, 6.45) is 1.08. The minimum atomic E-state index is 0.108. The second kappa shape index (κ2) is 5.43. The largest absolute Gasteiger partial charge is 0.329 e. The van der Waals surface area contributed by atoms with E-state index in [9.17, 15) is 0 Å². The van der Waals surface area contributed by atoms with Gasteiger partial charge in [-0.1, -0.05) is 6.92 Å². The monoisotopic (exact) mass is 290 g/mol. The Morgan fingerprint density at radius 2 is 2.27 bits per heavy atom. The average Bonchev–Trinajstić information content (AvgIpc) is 2.62. The normalized spacial score (nSPS) is 15.6. The van der Waals surface area contributed by atoms with E-state index in [1.165, 1.54) is 9.35 Å². The molecule has 2 nitrogen and oxygen atoms in total. The molecule has 0 spiro atoms. The Bertz CT molecular complexity index is 307. The third kappa shape index (κ3) is 3.28. The lowest BCUT2D eigenvalue weighted by Gasteiger charge is -2.37. The van der Waals surface area contributed by atoms with Gasteiger partial charge in [0, 0.05) is 33.4 Å². The van der Waals surface area contributed by atoms with Crippen molar-refractivity contribution in [1.82, 2.24) is 4.90 Å². The predicted molar refractivity (Wildman–Crippen MR) is 71.2 cm³/mol. The molecule has 0 fully saturated rings. The fourth-order valence-corrected chi connectivity index (χ4v) is 2.93. The van der Waals surface area contributed by atoms with Gasteiger partial charge in [0.15, 0.2) is 0 Å². The van der Waals surface area contributed by atoms with Crippen LogP contribution in [-0.4, -0.2) is 24.0 Å². The van der Waals surface area contributed by atoms with Crippen molar-refractivity contribution in [3.05, 3.63) is 20.8 Å². The summed E-state index contributed by atoms with van der Waals surface area (Å²) in [5.41, 5.74) is 5.94. The number of likely N-dealkylation sites (N-methyl/N-ethyl adjacent to an activating group) is 1. The first-order valence-electron chi connectivity index (χ1n) is 5.16. The predicted octanol–water partition coefficient (Wildman–Crippen LogP) is 3.07. The number of halogens is 1. The van der Waals surface area contributed by atoms with Gasteiger partial charge in [-0.3, -0.25) is 4.90 Å². The van der Waals surface area contributed by atoms with Crippen molar-refractivity contribution in [3.63, 3.8) is 0 Å². The van der Waals surface area contributed by atoms with Crippen LogP contribution < -0.4 is 5.73 Å². The zero-order valence-corrected chi connectivity index (χ0v) is 12.0. The minimum absolute atomic E-state index is 0.108. The van der Waals surface area contributed by atoms with E-state index in [-0.39, 0.29) is 5.54 Å². The molecule has 0 amide bonds. The molecule has 1 aromatic rings. The minimum Gasteiger partial charge on any atom is -0.329 e. The van der Waals surface area contributed by atoms with Gasteiger partial charge in [0.05, 0.1) is 0 Å². The maximum absolute atomic E-state index is 5.83. The molecule has 1 atom stereocenters. The first-order chi connectivity index (χ1) is 7.01. The molecule has 86 valence electrons. The van der Waals surface area contributed by atoms with Crippen LogP contribution in [0.3, 0.4) is 0 Å². The van der Waals surface area contributed by atoms with Crippen LogP contribution in [0.15, 0.2) is 15.9 Å². The SMILES string of the molecule is CCC(C)(CN)N(C)Cc1cc(Br)cs1. The van der Waals surface area contributed by atoms with Gasteiger partial charge in [0.25, 0.3) is 0 Å². The Labute approximate surface area is 105 Å². The summed E-state index contributed by atoms with van der Waals surface area (Å²) in [7, 11) is 2.14. The third-order valence-corrected chi connectivity index (χ3v) is 4.82. The fraction of sp³-hybridized carbons (Fsp3) is 0.636. The van der Waals surface area contributed by atoms with Crippen LogP contribution in [0.1, 0.15) is 25.1 Å². The highest BCUT2D eigenvalue weighted by Gasteiger charge is 2.25. The smallest absolute Gasteiger partial charge is 0.0331 e. The molecule has 1 aromatic heterocycles. The zero-order valence-electron chi connectivity index (χ0n) is 9.59. The van der Waals surface area contributed by atoms with E-state index < -0.39 is 0 Å². The molecule has 0 saturated carbocycles. The molecular formula is C11H19BrN2S. The molecule has 1 rings (SSSR count).